The van der Waals surface area contributed by atoms with Gasteiger partial charge in [-0.05, 0) is 26.7 Å². The first kappa shape index (κ1) is 12.0. The van der Waals surface area contributed by atoms with Gasteiger partial charge in [0.1, 0.15) is 0 Å². The fourth-order valence-electron chi connectivity index (χ4n) is 1.72. The van der Waals surface area contributed by atoms with Crippen LogP contribution in [-0.2, 0) is 9.59 Å². The number of carbonyl (C=O) groups excluding carboxylic acids is 1. The molecule has 0 aromatic rings. The SMILES string of the molecule is CC(C)(CNC(=O)C1CCCC1)C(=O)O. The summed E-state index contributed by atoms with van der Waals surface area (Å²) in [6.45, 7) is 3.44. The van der Waals surface area contributed by atoms with Crippen LogP contribution in [0.25, 0.3) is 0 Å². The van der Waals surface area contributed by atoms with E-state index in [2.05, 4.69) is 5.32 Å². The maximum atomic E-state index is 11.6. The summed E-state index contributed by atoms with van der Waals surface area (Å²) < 4.78 is 0. The molecule has 86 valence electrons. The molecule has 0 aromatic heterocycles. The lowest BCUT2D eigenvalue weighted by molar-refractivity contribution is -0.146. The molecular weight excluding hydrogens is 194 g/mol. The van der Waals surface area contributed by atoms with Crippen LogP contribution in [0, 0.1) is 11.3 Å². The third kappa shape index (κ3) is 3.22. The van der Waals surface area contributed by atoms with Gasteiger partial charge in [-0.2, -0.15) is 0 Å². The number of rotatable bonds is 4. The lowest BCUT2D eigenvalue weighted by Crippen LogP contribution is -2.40. The summed E-state index contributed by atoms with van der Waals surface area (Å²) in [5, 5.41) is 11.6. The Morgan fingerprint density at radius 1 is 1.33 bits per heavy atom. The van der Waals surface area contributed by atoms with E-state index in [0.29, 0.717) is 0 Å². The second kappa shape index (κ2) is 4.64. The maximum absolute atomic E-state index is 11.6. The molecule has 0 aromatic carbocycles. The van der Waals surface area contributed by atoms with Gasteiger partial charge >= 0.3 is 5.97 Å². The highest BCUT2D eigenvalue weighted by Gasteiger charge is 2.29. The van der Waals surface area contributed by atoms with Gasteiger partial charge in [0, 0.05) is 12.5 Å². The van der Waals surface area contributed by atoms with Crippen LogP contribution < -0.4 is 5.32 Å². The third-order valence-electron chi connectivity index (χ3n) is 3.01. The molecule has 15 heavy (non-hydrogen) atoms. The molecule has 0 atom stereocenters. The minimum atomic E-state index is -0.881. The van der Waals surface area contributed by atoms with E-state index in [1.807, 2.05) is 0 Å². The summed E-state index contributed by atoms with van der Waals surface area (Å²) in [6.07, 6.45) is 4.11. The highest BCUT2D eigenvalue weighted by molar-refractivity contribution is 5.80. The number of hydrogen-bond acceptors (Lipinski definition) is 2. The van der Waals surface area contributed by atoms with Gasteiger partial charge in [-0.15, -0.1) is 0 Å². The minimum Gasteiger partial charge on any atom is -0.481 e. The van der Waals surface area contributed by atoms with Crippen molar-refractivity contribution in [1.82, 2.24) is 5.32 Å². The summed E-state index contributed by atoms with van der Waals surface area (Å²) in [7, 11) is 0. The van der Waals surface area contributed by atoms with E-state index < -0.39 is 11.4 Å². The Morgan fingerprint density at radius 2 is 1.87 bits per heavy atom. The molecule has 1 fully saturated rings. The standard InChI is InChI=1S/C11H19NO3/c1-11(2,10(14)15)7-12-9(13)8-5-3-4-6-8/h8H,3-7H2,1-2H3,(H,12,13)(H,14,15). The van der Waals surface area contributed by atoms with Gasteiger partial charge < -0.3 is 10.4 Å². The van der Waals surface area contributed by atoms with Crippen molar-refractivity contribution in [3.05, 3.63) is 0 Å². The molecule has 0 radical (unpaired) electrons. The number of carbonyl (C=O) groups is 2. The number of carboxylic acid groups (broad SMARTS) is 1. The maximum Gasteiger partial charge on any atom is 0.310 e. The summed E-state index contributed by atoms with van der Waals surface area (Å²) in [6, 6.07) is 0. The Morgan fingerprint density at radius 3 is 2.33 bits per heavy atom. The van der Waals surface area contributed by atoms with E-state index in [4.69, 9.17) is 5.11 Å². The predicted molar refractivity (Wildman–Crippen MR) is 56.4 cm³/mol. The van der Waals surface area contributed by atoms with Crippen molar-refractivity contribution in [2.75, 3.05) is 6.54 Å². The normalized spacial score (nSPS) is 17.7. The van der Waals surface area contributed by atoms with Crippen molar-refractivity contribution < 1.29 is 14.7 Å². The molecule has 1 amide bonds. The van der Waals surface area contributed by atoms with Gasteiger partial charge in [-0.25, -0.2) is 0 Å². The summed E-state index contributed by atoms with van der Waals surface area (Å²) in [4.78, 5) is 22.4. The Bertz CT molecular complexity index is 255. The minimum absolute atomic E-state index is 0.0156. The monoisotopic (exact) mass is 213 g/mol. The lowest BCUT2D eigenvalue weighted by atomic mass is 9.93. The zero-order valence-corrected chi connectivity index (χ0v) is 9.38. The molecule has 4 nitrogen and oxygen atoms in total. The molecule has 1 rings (SSSR count). The Balaban J connectivity index is 2.36. The van der Waals surface area contributed by atoms with Gasteiger partial charge in [0.2, 0.25) is 5.91 Å². The molecule has 1 aliphatic rings. The smallest absolute Gasteiger partial charge is 0.310 e. The van der Waals surface area contributed by atoms with Gasteiger partial charge in [-0.3, -0.25) is 9.59 Å². The predicted octanol–water partition coefficient (Wildman–Crippen LogP) is 1.40. The molecule has 0 bridgehead atoms. The first-order valence-corrected chi connectivity index (χ1v) is 5.44. The molecule has 0 unspecified atom stereocenters. The van der Waals surface area contributed by atoms with Crippen LogP contribution in [0.2, 0.25) is 0 Å². The van der Waals surface area contributed by atoms with E-state index in [9.17, 15) is 9.59 Å². The van der Waals surface area contributed by atoms with Crippen LogP contribution in [0.1, 0.15) is 39.5 Å². The molecule has 0 spiro atoms. The van der Waals surface area contributed by atoms with Crippen LogP contribution >= 0.6 is 0 Å². The average Bonchev–Trinajstić information content (AvgIpc) is 2.66. The fraction of sp³-hybridized carbons (Fsp3) is 0.818. The highest BCUT2D eigenvalue weighted by Crippen LogP contribution is 2.25. The lowest BCUT2D eigenvalue weighted by Gasteiger charge is -2.20. The molecule has 0 aliphatic heterocycles. The Kier molecular flexibility index (Phi) is 3.72. The molecule has 4 heteroatoms. The van der Waals surface area contributed by atoms with Crippen molar-refractivity contribution in [2.45, 2.75) is 39.5 Å². The Labute approximate surface area is 90.0 Å². The van der Waals surface area contributed by atoms with E-state index >= 15 is 0 Å². The molecule has 0 heterocycles. The van der Waals surface area contributed by atoms with Crippen LogP contribution in [-0.4, -0.2) is 23.5 Å². The van der Waals surface area contributed by atoms with E-state index in [1.165, 1.54) is 0 Å². The van der Waals surface area contributed by atoms with Crippen LogP contribution in [0.15, 0.2) is 0 Å². The molecular formula is C11H19NO3. The molecule has 1 aliphatic carbocycles. The number of hydrogen-bond donors (Lipinski definition) is 2. The van der Waals surface area contributed by atoms with Gasteiger partial charge in [-0.1, -0.05) is 12.8 Å². The second-order valence-electron chi connectivity index (χ2n) is 4.89. The first-order valence-electron chi connectivity index (χ1n) is 5.44. The fourth-order valence-corrected chi connectivity index (χ4v) is 1.72. The van der Waals surface area contributed by atoms with Crippen molar-refractivity contribution in [2.24, 2.45) is 11.3 Å². The van der Waals surface area contributed by atoms with E-state index in [-0.39, 0.29) is 18.4 Å². The zero-order valence-electron chi connectivity index (χ0n) is 9.38. The number of amides is 1. The second-order valence-corrected chi connectivity index (χ2v) is 4.89. The van der Waals surface area contributed by atoms with Crippen molar-refractivity contribution in [3.63, 3.8) is 0 Å². The number of carboxylic acids is 1. The summed E-state index contributed by atoms with van der Waals surface area (Å²) in [5.41, 5.74) is -0.881. The summed E-state index contributed by atoms with van der Waals surface area (Å²) in [5.74, 6) is -0.759. The van der Waals surface area contributed by atoms with Crippen LogP contribution in [0.3, 0.4) is 0 Å². The molecule has 1 saturated carbocycles. The van der Waals surface area contributed by atoms with Crippen molar-refractivity contribution in [3.8, 4) is 0 Å². The largest absolute Gasteiger partial charge is 0.481 e. The van der Waals surface area contributed by atoms with Gasteiger partial charge in [0.25, 0.3) is 0 Å². The van der Waals surface area contributed by atoms with Crippen molar-refractivity contribution in [1.29, 1.82) is 0 Å². The van der Waals surface area contributed by atoms with Crippen LogP contribution in [0.5, 0.6) is 0 Å². The van der Waals surface area contributed by atoms with Crippen LogP contribution in [0.4, 0.5) is 0 Å². The Hall–Kier alpha value is -1.06. The molecule has 0 saturated heterocycles. The van der Waals surface area contributed by atoms with E-state index in [0.717, 1.165) is 25.7 Å². The summed E-state index contributed by atoms with van der Waals surface area (Å²) >= 11 is 0. The van der Waals surface area contributed by atoms with Gasteiger partial charge in [0.05, 0.1) is 5.41 Å². The topological polar surface area (TPSA) is 66.4 Å². The number of aliphatic carboxylic acids is 1. The average molecular weight is 213 g/mol. The van der Waals surface area contributed by atoms with Crippen molar-refractivity contribution >= 4 is 11.9 Å². The van der Waals surface area contributed by atoms with E-state index in [1.54, 1.807) is 13.8 Å². The zero-order chi connectivity index (χ0) is 11.5. The quantitative estimate of drug-likeness (QED) is 0.742. The molecule has 2 N–H and O–H groups in total. The number of nitrogens with one attached hydrogen (secondary N) is 1. The third-order valence-corrected chi connectivity index (χ3v) is 3.01. The first-order chi connectivity index (χ1) is 6.93. The highest BCUT2D eigenvalue weighted by atomic mass is 16.4. The van der Waals surface area contributed by atoms with Gasteiger partial charge in [0.15, 0.2) is 0 Å².